The quantitative estimate of drug-likeness (QED) is 0.914. The topological polar surface area (TPSA) is 51.4 Å². The molecule has 0 saturated carbocycles. The molecule has 1 aromatic rings. The van der Waals surface area contributed by atoms with Crippen molar-refractivity contribution >= 4 is 11.6 Å². The van der Waals surface area contributed by atoms with Crippen LogP contribution >= 0.6 is 11.6 Å². The summed E-state index contributed by atoms with van der Waals surface area (Å²) >= 11 is 6.12. The van der Waals surface area contributed by atoms with Gasteiger partial charge in [0.1, 0.15) is 0 Å². The van der Waals surface area contributed by atoms with E-state index in [-0.39, 0.29) is 12.1 Å². The molecule has 106 valence electrons. The van der Waals surface area contributed by atoms with Gasteiger partial charge in [0.05, 0.1) is 17.7 Å². The summed E-state index contributed by atoms with van der Waals surface area (Å²) in [6.45, 7) is 7.03. The molecular weight excluding hydrogens is 262 g/mol. The number of pyridine rings is 1. The Morgan fingerprint density at radius 2 is 2.37 bits per heavy atom. The van der Waals surface area contributed by atoms with Crippen molar-refractivity contribution in [2.75, 3.05) is 19.7 Å². The molecule has 19 heavy (non-hydrogen) atoms. The van der Waals surface area contributed by atoms with E-state index >= 15 is 0 Å². The third-order valence-electron chi connectivity index (χ3n) is 3.64. The zero-order chi connectivity index (χ0) is 13.8. The minimum Gasteiger partial charge on any atom is -0.374 e. The summed E-state index contributed by atoms with van der Waals surface area (Å²) < 4.78 is 5.81. The van der Waals surface area contributed by atoms with Crippen molar-refractivity contribution < 1.29 is 4.74 Å². The summed E-state index contributed by atoms with van der Waals surface area (Å²) in [6, 6.07) is 2.41. The third kappa shape index (κ3) is 3.89. The second-order valence-electron chi connectivity index (χ2n) is 5.33. The van der Waals surface area contributed by atoms with E-state index in [4.69, 9.17) is 22.1 Å². The summed E-state index contributed by atoms with van der Waals surface area (Å²) in [5.41, 5.74) is 7.32. The fraction of sp³-hybridized carbons (Fsp3) is 0.643. The van der Waals surface area contributed by atoms with Crippen molar-refractivity contribution in [2.45, 2.75) is 38.5 Å². The average molecular weight is 284 g/mol. The Morgan fingerprint density at radius 3 is 3.05 bits per heavy atom. The number of hydrogen-bond acceptors (Lipinski definition) is 4. The largest absolute Gasteiger partial charge is 0.374 e. The molecule has 0 aromatic carbocycles. The predicted molar refractivity (Wildman–Crippen MR) is 77.4 cm³/mol. The van der Waals surface area contributed by atoms with Crippen LogP contribution in [0.3, 0.4) is 0 Å². The normalized spacial score (nSPS) is 22.7. The maximum absolute atomic E-state index is 6.28. The molecule has 0 aliphatic carbocycles. The standard InChI is InChI=1S/C14H22ClN3O/c1-10(2)18-5-6-19-14(9-18)13(16)7-11-3-4-17-8-12(11)15/h3-4,8,10,13-14H,5-7,9,16H2,1-2H3. The zero-order valence-corrected chi connectivity index (χ0v) is 12.3. The third-order valence-corrected chi connectivity index (χ3v) is 3.99. The van der Waals surface area contributed by atoms with Crippen LogP contribution in [0.2, 0.25) is 5.02 Å². The second-order valence-corrected chi connectivity index (χ2v) is 5.74. The van der Waals surface area contributed by atoms with Gasteiger partial charge in [0.15, 0.2) is 0 Å². The number of rotatable bonds is 4. The Kier molecular flexibility index (Phi) is 5.16. The Morgan fingerprint density at radius 1 is 1.58 bits per heavy atom. The lowest BCUT2D eigenvalue weighted by molar-refractivity contribution is -0.0495. The van der Waals surface area contributed by atoms with Gasteiger partial charge in [0.25, 0.3) is 0 Å². The van der Waals surface area contributed by atoms with Crippen LogP contribution in [-0.2, 0) is 11.2 Å². The fourth-order valence-corrected chi connectivity index (χ4v) is 2.58. The SMILES string of the molecule is CC(C)N1CCOC(C(N)Cc2ccncc2Cl)C1. The first-order valence-corrected chi connectivity index (χ1v) is 7.15. The number of halogens is 1. The van der Waals surface area contributed by atoms with Gasteiger partial charge in [0, 0.05) is 37.6 Å². The molecule has 2 atom stereocenters. The van der Waals surface area contributed by atoms with E-state index in [0.717, 1.165) is 31.7 Å². The lowest BCUT2D eigenvalue weighted by atomic mass is 10.0. The van der Waals surface area contributed by atoms with E-state index in [1.165, 1.54) is 0 Å². The maximum Gasteiger partial charge on any atom is 0.0856 e. The molecule has 1 fully saturated rings. The average Bonchev–Trinajstić information content (AvgIpc) is 2.41. The molecule has 0 bridgehead atoms. The van der Waals surface area contributed by atoms with Gasteiger partial charge >= 0.3 is 0 Å². The van der Waals surface area contributed by atoms with Crippen molar-refractivity contribution in [1.82, 2.24) is 9.88 Å². The molecule has 1 aliphatic heterocycles. The van der Waals surface area contributed by atoms with Gasteiger partial charge in [0.2, 0.25) is 0 Å². The van der Waals surface area contributed by atoms with Crippen LogP contribution in [-0.4, -0.2) is 47.8 Å². The molecule has 2 N–H and O–H groups in total. The second kappa shape index (κ2) is 6.66. The highest BCUT2D eigenvalue weighted by Crippen LogP contribution is 2.18. The lowest BCUT2D eigenvalue weighted by Crippen LogP contribution is -2.53. The van der Waals surface area contributed by atoms with E-state index in [1.54, 1.807) is 12.4 Å². The molecule has 2 rings (SSSR count). The van der Waals surface area contributed by atoms with Gasteiger partial charge in [-0.1, -0.05) is 11.6 Å². The molecule has 4 nitrogen and oxygen atoms in total. The number of hydrogen-bond donors (Lipinski definition) is 1. The van der Waals surface area contributed by atoms with E-state index in [0.29, 0.717) is 11.1 Å². The van der Waals surface area contributed by atoms with Crippen molar-refractivity contribution in [1.29, 1.82) is 0 Å². The molecule has 5 heteroatoms. The molecule has 1 saturated heterocycles. The first-order valence-electron chi connectivity index (χ1n) is 6.77. The predicted octanol–water partition coefficient (Wildman–Crippen LogP) is 1.71. The van der Waals surface area contributed by atoms with Crippen LogP contribution in [0, 0.1) is 0 Å². The van der Waals surface area contributed by atoms with Crippen LogP contribution in [0.5, 0.6) is 0 Å². The van der Waals surface area contributed by atoms with E-state index in [1.807, 2.05) is 6.07 Å². The molecule has 2 heterocycles. The Balaban J connectivity index is 1.96. The van der Waals surface area contributed by atoms with Gasteiger partial charge in [-0.2, -0.15) is 0 Å². The lowest BCUT2D eigenvalue weighted by Gasteiger charge is -2.38. The Hall–Kier alpha value is -0.680. The summed E-state index contributed by atoms with van der Waals surface area (Å²) in [4.78, 5) is 6.39. The van der Waals surface area contributed by atoms with Crippen molar-refractivity contribution in [3.05, 3.63) is 29.0 Å². The highest BCUT2D eigenvalue weighted by molar-refractivity contribution is 6.31. The van der Waals surface area contributed by atoms with E-state index < -0.39 is 0 Å². The van der Waals surface area contributed by atoms with E-state index in [2.05, 4.69) is 23.7 Å². The first kappa shape index (κ1) is 14.7. The van der Waals surface area contributed by atoms with Crippen molar-refractivity contribution in [3.8, 4) is 0 Å². The maximum atomic E-state index is 6.28. The van der Waals surface area contributed by atoms with Gasteiger partial charge in [-0.05, 0) is 31.9 Å². The minimum absolute atomic E-state index is 0.0403. The van der Waals surface area contributed by atoms with E-state index in [9.17, 15) is 0 Å². The summed E-state index contributed by atoms with van der Waals surface area (Å²) in [5.74, 6) is 0. The van der Waals surface area contributed by atoms with Gasteiger partial charge in [-0.3, -0.25) is 9.88 Å². The van der Waals surface area contributed by atoms with Crippen LogP contribution in [0.4, 0.5) is 0 Å². The van der Waals surface area contributed by atoms with Crippen LogP contribution in [0.1, 0.15) is 19.4 Å². The fourth-order valence-electron chi connectivity index (χ4n) is 2.38. The molecule has 0 amide bonds. The Labute approximate surface area is 119 Å². The van der Waals surface area contributed by atoms with Gasteiger partial charge in [-0.25, -0.2) is 0 Å². The number of morpholine rings is 1. The van der Waals surface area contributed by atoms with Crippen LogP contribution in [0.15, 0.2) is 18.5 Å². The number of nitrogens with two attached hydrogens (primary N) is 1. The zero-order valence-electron chi connectivity index (χ0n) is 11.6. The van der Waals surface area contributed by atoms with Crippen LogP contribution < -0.4 is 5.73 Å². The summed E-state index contributed by atoms with van der Waals surface area (Å²) in [7, 11) is 0. The number of nitrogens with zero attached hydrogens (tertiary/aromatic N) is 2. The highest BCUT2D eigenvalue weighted by Gasteiger charge is 2.27. The first-order chi connectivity index (χ1) is 9.08. The van der Waals surface area contributed by atoms with Crippen molar-refractivity contribution in [3.63, 3.8) is 0 Å². The molecule has 1 aromatic heterocycles. The van der Waals surface area contributed by atoms with Gasteiger partial charge in [-0.15, -0.1) is 0 Å². The minimum atomic E-state index is -0.0403. The van der Waals surface area contributed by atoms with Crippen molar-refractivity contribution in [2.24, 2.45) is 5.73 Å². The molecule has 0 spiro atoms. The Bertz CT molecular complexity index is 413. The highest BCUT2D eigenvalue weighted by atomic mass is 35.5. The summed E-state index contributed by atoms with van der Waals surface area (Å²) in [6.07, 6.45) is 4.19. The molecule has 1 aliphatic rings. The molecular formula is C14H22ClN3O. The number of aromatic nitrogens is 1. The number of ether oxygens (including phenoxy) is 1. The molecule has 2 unspecified atom stereocenters. The smallest absolute Gasteiger partial charge is 0.0856 e. The summed E-state index contributed by atoms with van der Waals surface area (Å²) in [5, 5.41) is 0.675. The monoisotopic (exact) mass is 283 g/mol. The van der Waals surface area contributed by atoms with Crippen LogP contribution in [0.25, 0.3) is 0 Å². The van der Waals surface area contributed by atoms with Gasteiger partial charge < -0.3 is 10.5 Å². The molecule has 0 radical (unpaired) electrons.